The van der Waals surface area contributed by atoms with Gasteiger partial charge in [0.2, 0.25) is 0 Å². The van der Waals surface area contributed by atoms with Crippen molar-refractivity contribution in [1.82, 2.24) is 34.8 Å². The molecule has 0 spiro atoms. The number of benzene rings is 6. The second-order valence-electron chi connectivity index (χ2n) is 35.5. The largest absolute Gasteiger partial charge is 0.496 e. The summed E-state index contributed by atoms with van der Waals surface area (Å²) in [6, 6.07) is 25.4. The number of nitrogens with one attached hydrogen (secondary N) is 1. The molecule has 6 aliphatic heterocycles. The Labute approximate surface area is 732 Å². The summed E-state index contributed by atoms with van der Waals surface area (Å²) in [4.78, 5) is 75.5. The molecule has 26 heteroatoms. The molecular weight excluding hydrogens is 1590 g/mol. The van der Waals surface area contributed by atoms with Crippen LogP contribution in [0.1, 0.15) is 286 Å². The molecule has 6 aliphatic rings. The Morgan fingerprint density at radius 3 is 1.46 bits per heavy atom. The molecular formula is C97H133F4N9O12S. The van der Waals surface area contributed by atoms with E-state index in [1.807, 2.05) is 119 Å². The number of rotatable bonds is 15. The number of likely N-dealkylation sites (N-methyl/N-ethyl adjacent to an activating group) is 2. The zero-order valence-corrected chi connectivity index (χ0v) is 79.0. The number of hydrogen-bond donors (Lipinski definition) is 1. The Bertz CT molecular complexity index is 4950. The second-order valence-corrected chi connectivity index (χ2v) is 36.5. The summed E-state index contributed by atoms with van der Waals surface area (Å²) >= 11 is 1.67. The summed E-state index contributed by atoms with van der Waals surface area (Å²) < 4.78 is 90.1. The number of aromatic nitrogens is 1. The smallest absolute Gasteiger partial charge is 0.471 e. The fourth-order valence-electron chi connectivity index (χ4n) is 15.6. The third-order valence-electron chi connectivity index (χ3n) is 22.8. The number of carbonyl (C=O) groups is 5. The number of amides is 5. The normalized spacial score (nSPS) is 15.7. The molecule has 123 heavy (non-hydrogen) atoms. The number of thiazole rings is 1. The van der Waals surface area contributed by atoms with Crippen LogP contribution in [0.5, 0.6) is 40.2 Å². The third kappa shape index (κ3) is 24.1. The van der Waals surface area contributed by atoms with Gasteiger partial charge in [0, 0.05) is 107 Å². The lowest BCUT2D eigenvalue weighted by Gasteiger charge is -2.38. The van der Waals surface area contributed by atoms with E-state index in [-0.39, 0.29) is 60.2 Å². The minimum atomic E-state index is -4.81. The Kier molecular flexibility index (Phi) is 34.7. The number of methoxy groups -OCH3 is 6. The van der Waals surface area contributed by atoms with Crippen molar-refractivity contribution in [3.63, 3.8) is 0 Å². The molecule has 672 valence electrons. The van der Waals surface area contributed by atoms with Crippen molar-refractivity contribution in [2.75, 3.05) is 108 Å². The van der Waals surface area contributed by atoms with Crippen molar-refractivity contribution in [3.8, 4) is 46.3 Å². The standard InChI is InChI=1S/C17H25FN2O2.C15H18F3NO2.C15H21NO3.2C13H17NO2.C13H19NO.C11H16N2S/c1-11(2)13-8-15(18)14(9-16(13)22-5)17(21)20-7-6-19(4)10-12(20)3;1-9(2)12-6-11-8-19(14(20)15(16,17)18)5-4-10(11)7-13(12)21-3;1-9(2)10-7-13-11(8-12(10)18-6)16(5)14(17)15(3,4)19-13;1-8(2)10-6-11-9(5-12(10)16-4)7-14(3)13(11)15;1-8(2)10-5-9-7-14(3)13(15)11(9)6-12(10)16-4;1-9(2)12-6-11-8-14-5-4-10(11)7-13(12)15-3;1-7(2)9-8(3)13-10(14-9)11(4,5)6-12/h8-9,11-12H,6-7,10H2,1-5H3;6-7,9H,4-5,8H2,1-3H3;7-9H,1-6H3;2*5-6,8H,7H2,1-4H3;6-7,9,14H,4-5,8H2,1-3H3;7H,1-5H3. The van der Waals surface area contributed by atoms with Crippen molar-refractivity contribution >= 4 is 46.6 Å². The number of nitriles is 1. The zero-order valence-electron chi connectivity index (χ0n) is 78.2. The van der Waals surface area contributed by atoms with Crippen LogP contribution in [-0.2, 0) is 54.0 Å². The van der Waals surface area contributed by atoms with E-state index >= 15 is 0 Å². The van der Waals surface area contributed by atoms with Gasteiger partial charge in [0.1, 0.15) is 56.5 Å². The van der Waals surface area contributed by atoms with E-state index in [1.165, 1.54) is 39.3 Å². The van der Waals surface area contributed by atoms with E-state index in [1.54, 1.807) is 94.5 Å². The topological polar surface area (TPSA) is 218 Å². The average molecular weight is 1730 g/mol. The van der Waals surface area contributed by atoms with Crippen molar-refractivity contribution in [1.29, 1.82) is 5.26 Å². The van der Waals surface area contributed by atoms with Gasteiger partial charge >= 0.3 is 12.1 Å². The van der Waals surface area contributed by atoms with Crippen LogP contribution in [0.15, 0.2) is 72.8 Å². The highest BCUT2D eigenvalue weighted by atomic mass is 32.1. The highest BCUT2D eigenvalue weighted by Gasteiger charge is 2.44. The second kappa shape index (κ2) is 42.6. The van der Waals surface area contributed by atoms with Crippen LogP contribution in [0.2, 0.25) is 0 Å². The predicted molar refractivity (Wildman–Crippen MR) is 480 cm³/mol. The number of carbonyl (C=O) groups excluding carboxylic acids is 5. The van der Waals surface area contributed by atoms with Gasteiger partial charge in [-0.15, -0.1) is 11.3 Å². The van der Waals surface area contributed by atoms with Crippen molar-refractivity contribution in [3.05, 3.63) is 178 Å². The number of ether oxygens (including phenoxy) is 7. The van der Waals surface area contributed by atoms with Crippen LogP contribution < -0.4 is 43.4 Å². The molecule has 0 saturated carbocycles. The number of aryl methyl sites for hydroxylation is 1. The van der Waals surface area contributed by atoms with E-state index in [0.29, 0.717) is 61.4 Å². The minimum absolute atomic E-state index is 0.00259. The molecule has 21 nitrogen and oxygen atoms in total. The molecule has 1 fully saturated rings. The van der Waals surface area contributed by atoms with Gasteiger partial charge < -0.3 is 67.9 Å². The van der Waals surface area contributed by atoms with E-state index < -0.39 is 28.9 Å². The number of hydrogen-bond acceptors (Lipinski definition) is 17. The van der Waals surface area contributed by atoms with Gasteiger partial charge in [-0.3, -0.25) is 24.0 Å². The van der Waals surface area contributed by atoms with Crippen molar-refractivity contribution < 1.29 is 74.7 Å². The van der Waals surface area contributed by atoms with Crippen molar-refractivity contribution in [2.24, 2.45) is 0 Å². The van der Waals surface area contributed by atoms with E-state index in [9.17, 15) is 41.5 Å². The molecule has 1 N–H and O–H groups in total. The summed E-state index contributed by atoms with van der Waals surface area (Å²) in [5.41, 5.74) is 15.4. The molecule has 5 amide bonds. The molecule has 7 aromatic rings. The molecule has 1 aromatic heterocycles. The van der Waals surface area contributed by atoms with Crippen LogP contribution in [-0.4, -0.2) is 180 Å². The Hall–Kier alpha value is -9.97. The maximum absolute atomic E-state index is 14.4. The first kappa shape index (κ1) is 100. The fourth-order valence-corrected chi connectivity index (χ4v) is 16.7. The van der Waals surface area contributed by atoms with Crippen LogP contribution in [0.4, 0.5) is 23.2 Å². The van der Waals surface area contributed by atoms with E-state index in [0.717, 1.165) is 144 Å². The maximum Gasteiger partial charge on any atom is 0.471 e. The van der Waals surface area contributed by atoms with Gasteiger partial charge in [0.05, 0.1) is 65.7 Å². The number of alkyl halides is 3. The van der Waals surface area contributed by atoms with Gasteiger partial charge in [0.15, 0.2) is 5.60 Å². The third-order valence-corrected chi connectivity index (χ3v) is 24.6. The number of anilines is 1. The van der Waals surface area contributed by atoms with Gasteiger partial charge in [-0.2, -0.15) is 18.4 Å². The summed E-state index contributed by atoms with van der Waals surface area (Å²) in [5, 5.41) is 13.3. The Morgan fingerprint density at radius 1 is 0.561 bits per heavy atom. The summed E-state index contributed by atoms with van der Waals surface area (Å²) in [7, 11) is 17.3. The first-order valence-electron chi connectivity index (χ1n) is 42.4. The Balaban J connectivity index is 0.000000198. The lowest BCUT2D eigenvalue weighted by atomic mass is 9.92. The van der Waals surface area contributed by atoms with Crippen molar-refractivity contribution in [2.45, 2.75) is 242 Å². The molecule has 1 unspecified atom stereocenters. The highest BCUT2D eigenvalue weighted by molar-refractivity contribution is 7.12. The van der Waals surface area contributed by atoms with E-state index in [4.69, 9.17) is 38.4 Å². The van der Waals surface area contributed by atoms with E-state index in [2.05, 4.69) is 109 Å². The van der Waals surface area contributed by atoms with Gasteiger partial charge in [-0.1, -0.05) is 103 Å². The Morgan fingerprint density at radius 2 is 0.992 bits per heavy atom. The average Bonchev–Trinajstić information content (AvgIpc) is 1.65. The number of fused-ring (bicyclic) bond motifs is 5. The molecule has 1 atom stereocenters. The van der Waals surface area contributed by atoms with Crippen LogP contribution in [0.3, 0.4) is 0 Å². The van der Waals surface area contributed by atoms with Gasteiger partial charge in [-0.25, -0.2) is 9.37 Å². The first-order chi connectivity index (χ1) is 57.5. The molecule has 1 saturated heterocycles. The van der Waals surface area contributed by atoms with Crippen LogP contribution in [0.25, 0.3) is 0 Å². The van der Waals surface area contributed by atoms with Gasteiger partial charge in [0.25, 0.3) is 23.6 Å². The quantitative estimate of drug-likeness (QED) is 0.0944. The molecule has 0 bridgehead atoms. The lowest BCUT2D eigenvalue weighted by Crippen LogP contribution is -2.52. The highest BCUT2D eigenvalue weighted by Crippen LogP contribution is 2.45. The summed E-state index contributed by atoms with van der Waals surface area (Å²) in [5.74, 6) is 5.67. The summed E-state index contributed by atoms with van der Waals surface area (Å²) in [6.45, 7) is 46.5. The predicted octanol–water partition coefficient (Wildman–Crippen LogP) is 19.6. The summed E-state index contributed by atoms with van der Waals surface area (Å²) in [6.07, 6.45) is -3.29. The maximum atomic E-state index is 14.4. The van der Waals surface area contributed by atoms with Crippen LogP contribution in [0, 0.1) is 24.1 Å². The molecule has 7 heterocycles. The molecule has 0 aliphatic carbocycles. The minimum Gasteiger partial charge on any atom is -0.496 e. The number of piperazine rings is 1. The lowest BCUT2D eigenvalue weighted by molar-refractivity contribution is -0.186. The molecule has 0 radical (unpaired) electrons. The number of nitrogens with zero attached hydrogens (tertiary/aromatic N) is 8. The van der Waals surface area contributed by atoms with Crippen LogP contribution >= 0.6 is 11.3 Å². The monoisotopic (exact) mass is 1720 g/mol. The molecule has 6 aromatic carbocycles. The molecule has 13 rings (SSSR count). The fraction of sp³-hybridized carbons (Fsp3) is 0.536. The van der Waals surface area contributed by atoms with Gasteiger partial charge in [-0.05, 0) is 231 Å². The zero-order chi connectivity index (χ0) is 92.1. The first-order valence-corrected chi connectivity index (χ1v) is 43.2. The number of halogens is 4. The SMILES string of the molecule is COc1cc(C(=O)N2CCN(C)CC2C)c(F)cc1C(C)C.COc1cc2c(cc1C(C)C)C(=O)N(C)C2.COc1cc2c(cc1C(C)C)CN(C(=O)C(F)(F)F)CC2.COc1cc2c(cc1C(C)C)CN(C)C2=O.COc1cc2c(cc1C(C)C)CNCC2.COc1cc2c(cc1C(C)C)OC(C)(C)C(=O)N2C.Cc1nc(C(C)(C)C#N)sc1C(C)C.